The molecule has 2 atom stereocenters. The van der Waals surface area contributed by atoms with Gasteiger partial charge in [0.2, 0.25) is 0 Å². The van der Waals surface area contributed by atoms with E-state index in [0.717, 1.165) is 12.3 Å². The van der Waals surface area contributed by atoms with E-state index >= 15 is 0 Å². The molecule has 0 heterocycles. The van der Waals surface area contributed by atoms with Crippen molar-refractivity contribution in [2.24, 2.45) is 11.3 Å². The standard InChI is InChI=1S/C17H27NO/c1-17(2)10-9-13(12-18-3)15(11-17)14-7-5-6-8-16(14)19-4/h5-8,13,15,18H,9-12H2,1-4H3. The predicted molar refractivity (Wildman–Crippen MR) is 80.8 cm³/mol. The zero-order chi connectivity index (χ0) is 13.9. The average Bonchev–Trinajstić information content (AvgIpc) is 2.40. The highest BCUT2D eigenvalue weighted by Crippen LogP contribution is 2.48. The van der Waals surface area contributed by atoms with Gasteiger partial charge in [0, 0.05) is 0 Å². The van der Waals surface area contributed by atoms with E-state index in [9.17, 15) is 0 Å². The molecule has 1 fully saturated rings. The lowest BCUT2D eigenvalue weighted by molar-refractivity contribution is 0.159. The molecule has 0 aliphatic heterocycles. The second-order valence-electron chi connectivity index (χ2n) is 6.57. The summed E-state index contributed by atoms with van der Waals surface area (Å²) >= 11 is 0. The van der Waals surface area contributed by atoms with Gasteiger partial charge in [-0.05, 0) is 61.7 Å². The highest BCUT2D eigenvalue weighted by atomic mass is 16.5. The average molecular weight is 261 g/mol. The molecule has 2 unspecified atom stereocenters. The topological polar surface area (TPSA) is 21.3 Å². The molecule has 1 aliphatic rings. The van der Waals surface area contributed by atoms with Crippen LogP contribution in [0.5, 0.6) is 5.75 Å². The highest BCUT2D eigenvalue weighted by molar-refractivity contribution is 5.37. The van der Waals surface area contributed by atoms with Crippen molar-refractivity contribution in [3.8, 4) is 5.75 Å². The zero-order valence-electron chi connectivity index (χ0n) is 12.7. The number of benzene rings is 1. The van der Waals surface area contributed by atoms with Gasteiger partial charge in [-0.15, -0.1) is 0 Å². The van der Waals surface area contributed by atoms with Crippen molar-refractivity contribution in [2.45, 2.75) is 39.0 Å². The molecule has 0 bridgehead atoms. The van der Waals surface area contributed by atoms with Gasteiger partial charge in [0.25, 0.3) is 0 Å². The highest BCUT2D eigenvalue weighted by Gasteiger charge is 2.36. The first-order valence-electron chi connectivity index (χ1n) is 7.35. The van der Waals surface area contributed by atoms with Crippen LogP contribution in [0.2, 0.25) is 0 Å². The summed E-state index contributed by atoms with van der Waals surface area (Å²) in [6, 6.07) is 8.53. The third kappa shape index (κ3) is 3.30. The van der Waals surface area contributed by atoms with Crippen LogP contribution in [0.3, 0.4) is 0 Å². The van der Waals surface area contributed by atoms with Crippen molar-refractivity contribution in [1.82, 2.24) is 5.32 Å². The van der Waals surface area contributed by atoms with Gasteiger partial charge in [-0.3, -0.25) is 0 Å². The maximum atomic E-state index is 5.57. The molecule has 1 aromatic carbocycles. The van der Waals surface area contributed by atoms with Crippen LogP contribution < -0.4 is 10.1 Å². The lowest BCUT2D eigenvalue weighted by Gasteiger charge is -2.41. The molecule has 106 valence electrons. The Morgan fingerprint density at radius 2 is 2.05 bits per heavy atom. The van der Waals surface area contributed by atoms with Crippen molar-refractivity contribution < 1.29 is 4.74 Å². The summed E-state index contributed by atoms with van der Waals surface area (Å²) in [7, 11) is 3.83. The lowest BCUT2D eigenvalue weighted by atomic mass is 9.65. The Morgan fingerprint density at radius 1 is 1.32 bits per heavy atom. The first-order chi connectivity index (χ1) is 9.07. The maximum absolute atomic E-state index is 5.57. The smallest absolute Gasteiger partial charge is 0.122 e. The monoisotopic (exact) mass is 261 g/mol. The van der Waals surface area contributed by atoms with Crippen LogP contribution in [-0.4, -0.2) is 20.7 Å². The third-order valence-corrected chi connectivity index (χ3v) is 4.54. The van der Waals surface area contributed by atoms with E-state index in [1.165, 1.54) is 24.8 Å². The second-order valence-corrected chi connectivity index (χ2v) is 6.57. The van der Waals surface area contributed by atoms with Crippen LogP contribution in [0.1, 0.15) is 44.6 Å². The van der Waals surface area contributed by atoms with Gasteiger partial charge in [0.05, 0.1) is 7.11 Å². The Labute approximate surface area is 117 Å². The Balaban J connectivity index is 2.30. The fourth-order valence-corrected chi connectivity index (χ4v) is 3.48. The second kappa shape index (κ2) is 5.96. The van der Waals surface area contributed by atoms with Crippen molar-refractivity contribution in [2.75, 3.05) is 20.7 Å². The van der Waals surface area contributed by atoms with Crippen molar-refractivity contribution in [3.05, 3.63) is 29.8 Å². The van der Waals surface area contributed by atoms with Crippen LogP contribution in [0.15, 0.2) is 24.3 Å². The fourth-order valence-electron chi connectivity index (χ4n) is 3.48. The molecule has 2 nitrogen and oxygen atoms in total. The quantitative estimate of drug-likeness (QED) is 0.889. The summed E-state index contributed by atoms with van der Waals surface area (Å²) in [6.07, 6.45) is 3.88. The number of nitrogens with one attached hydrogen (secondary N) is 1. The van der Waals surface area contributed by atoms with Gasteiger partial charge < -0.3 is 10.1 Å². The van der Waals surface area contributed by atoms with Crippen molar-refractivity contribution >= 4 is 0 Å². The van der Waals surface area contributed by atoms with E-state index in [0.29, 0.717) is 17.3 Å². The van der Waals surface area contributed by atoms with Crippen molar-refractivity contribution in [1.29, 1.82) is 0 Å². The summed E-state index contributed by atoms with van der Waals surface area (Å²) in [5, 5.41) is 3.36. The van der Waals surface area contributed by atoms with E-state index in [-0.39, 0.29) is 0 Å². The molecular formula is C17H27NO. The van der Waals surface area contributed by atoms with Gasteiger partial charge in [0.1, 0.15) is 5.75 Å². The minimum atomic E-state index is 0.440. The fraction of sp³-hybridized carbons (Fsp3) is 0.647. The van der Waals surface area contributed by atoms with Crippen LogP contribution in [0.4, 0.5) is 0 Å². The molecule has 2 rings (SSSR count). The van der Waals surface area contributed by atoms with Gasteiger partial charge >= 0.3 is 0 Å². The number of methoxy groups -OCH3 is 1. The van der Waals surface area contributed by atoms with Crippen LogP contribution >= 0.6 is 0 Å². The molecule has 1 aromatic rings. The molecule has 1 aliphatic carbocycles. The van der Waals surface area contributed by atoms with E-state index in [2.05, 4.69) is 50.5 Å². The van der Waals surface area contributed by atoms with Crippen LogP contribution in [0, 0.1) is 11.3 Å². The summed E-state index contributed by atoms with van der Waals surface area (Å²) in [5.74, 6) is 2.37. The summed E-state index contributed by atoms with van der Waals surface area (Å²) < 4.78 is 5.57. The predicted octanol–water partition coefficient (Wildman–Crippen LogP) is 3.82. The molecule has 19 heavy (non-hydrogen) atoms. The molecule has 0 spiro atoms. The maximum Gasteiger partial charge on any atom is 0.122 e. The van der Waals surface area contributed by atoms with E-state index in [4.69, 9.17) is 4.74 Å². The van der Waals surface area contributed by atoms with E-state index in [1.54, 1.807) is 7.11 Å². The van der Waals surface area contributed by atoms with E-state index in [1.807, 2.05) is 0 Å². The van der Waals surface area contributed by atoms with Gasteiger partial charge in [-0.1, -0.05) is 32.0 Å². The number of para-hydroxylation sites is 1. The molecule has 0 saturated heterocycles. The van der Waals surface area contributed by atoms with Crippen molar-refractivity contribution in [3.63, 3.8) is 0 Å². The summed E-state index contributed by atoms with van der Waals surface area (Å²) in [5.41, 5.74) is 1.83. The molecule has 0 aromatic heterocycles. The largest absolute Gasteiger partial charge is 0.496 e. The Bertz CT molecular complexity index is 413. The Kier molecular flexibility index (Phi) is 4.51. The minimum Gasteiger partial charge on any atom is -0.496 e. The van der Waals surface area contributed by atoms with E-state index < -0.39 is 0 Å². The first-order valence-corrected chi connectivity index (χ1v) is 7.35. The third-order valence-electron chi connectivity index (χ3n) is 4.54. The minimum absolute atomic E-state index is 0.440. The lowest BCUT2D eigenvalue weighted by Crippen LogP contribution is -2.34. The van der Waals surface area contributed by atoms with Gasteiger partial charge in [0.15, 0.2) is 0 Å². The molecule has 1 saturated carbocycles. The molecule has 1 N–H and O–H groups in total. The summed E-state index contributed by atoms with van der Waals surface area (Å²) in [6.45, 7) is 5.88. The number of hydrogen-bond donors (Lipinski definition) is 1. The molecule has 2 heteroatoms. The Hall–Kier alpha value is -1.02. The number of ether oxygens (including phenoxy) is 1. The van der Waals surface area contributed by atoms with Gasteiger partial charge in [-0.2, -0.15) is 0 Å². The van der Waals surface area contributed by atoms with Gasteiger partial charge in [-0.25, -0.2) is 0 Å². The number of rotatable bonds is 4. The number of hydrogen-bond acceptors (Lipinski definition) is 2. The van der Waals surface area contributed by atoms with Crippen LogP contribution in [-0.2, 0) is 0 Å². The van der Waals surface area contributed by atoms with Crippen LogP contribution in [0.25, 0.3) is 0 Å². The molecule has 0 radical (unpaired) electrons. The molecule has 0 amide bonds. The summed E-state index contributed by atoms with van der Waals surface area (Å²) in [4.78, 5) is 0. The first kappa shape index (κ1) is 14.4. The zero-order valence-corrected chi connectivity index (χ0v) is 12.7. The SMILES string of the molecule is CNCC1CCC(C)(C)CC1c1ccccc1OC. The normalized spacial score (nSPS) is 26.1. The Morgan fingerprint density at radius 3 is 2.74 bits per heavy atom. The molecular weight excluding hydrogens is 234 g/mol.